The molecular formula is C25H28N4O3. The molecule has 1 N–H and O–H groups in total. The average molecular weight is 433 g/mol. The highest BCUT2D eigenvalue weighted by Gasteiger charge is 2.26. The van der Waals surface area contributed by atoms with Crippen LogP contribution in [-0.2, 0) is 4.74 Å². The van der Waals surface area contributed by atoms with E-state index in [0.29, 0.717) is 43.8 Å². The van der Waals surface area contributed by atoms with E-state index < -0.39 is 0 Å². The van der Waals surface area contributed by atoms with Crippen LogP contribution in [-0.4, -0.2) is 52.4 Å². The number of nitrogens with one attached hydrogen (secondary N) is 1. The monoisotopic (exact) mass is 432 g/mol. The second-order valence-electron chi connectivity index (χ2n) is 7.97. The zero-order valence-electron chi connectivity index (χ0n) is 18.5. The van der Waals surface area contributed by atoms with Gasteiger partial charge in [-0.25, -0.2) is 9.48 Å². The summed E-state index contributed by atoms with van der Waals surface area (Å²) in [6.07, 6.45) is 2.88. The van der Waals surface area contributed by atoms with Gasteiger partial charge in [-0.1, -0.05) is 42.0 Å². The minimum absolute atomic E-state index is 0.00129. The predicted octanol–water partition coefficient (Wildman–Crippen LogP) is 4.20. The lowest BCUT2D eigenvalue weighted by Gasteiger charge is -2.31. The molecule has 0 bridgehead atoms. The van der Waals surface area contributed by atoms with Crippen LogP contribution in [0.2, 0.25) is 0 Å². The molecule has 0 radical (unpaired) electrons. The van der Waals surface area contributed by atoms with E-state index >= 15 is 0 Å². The van der Waals surface area contributed by atoms with E-state index in [0.717, 1.165) is 16.8 Å². The van der Waals surface area contributed by atoms with Crippen molar-refractivity contribution in [3.05, 3.63) is 71.9 Å². The maximum atomic E-state index is 13.3. The molecule has 3 aromatic rings. The number of nitrogens with zero attached hydrogens (tertiary/aromatic N) is 3. The van der Waals surface area contributed by atoms with Crippen LogP contribution in [0.25, 0.3) is 16.9 Å². The second kappa shape index (κ2) is 9.68. The van der Waals surface area contributed by atoms with Gasteiger partial charge in [0.2, 0.25) is 0 Å². The highest BCUT2D eigenvalue weighted by molar-refractivity contribution is 6.00. The van der Waals surface area contributed by atoms with Crippen LogP contribution >= 0.6 is 0 Å². The zero-order chi connectivity index (χ0) is 22.5. The third kappa shape index (κ3) is 4.82. The highest BCUT2D eigenvalue weighted by atomic mass is 16.6. The van der Waals surface area contributed by atoms with E-state index in [2.05, 4.69) is 5.32 Å². The fourth-order valence-electron chi connectivity index (χ4n) is 3.94. The number of carbonyl (C=O) groups excluding carboxylic acids is 2. The Morgan fingerprint density at radius 2 is 1.84 bits per heavy atom. The van der Waals surface area contributed by atoms with E-state index in [1.807, 2.05) is 61.5 Å². The Hall–Kier alpha value is -3.61. The quantitative estimate of drug-likeness (QED) is 0.656. The van der Waals surface area contributed by atoms with Gasteiger partial charge in [0.1, 0.15) is 5.69 Å². The standard InChI is InChI=1S/C25H28N4O3/c1-3-32-25(31)28-14-12-20(13-15-28)26-24(30)22-17-29(21-10-5-4-6-11-21)27-23(22)19-9-7-8-18(2)16-19/h4-11,16-17,20H,3,12-15H2,1-2H3,(H,26,30). The van der Waals surface area contributed by atoms with Crippen molar-refractivity contribution in [2.45, 2.75) is 32.7 Å². The lowest BCUT2D eigenvalue weighted by molar-refractivity contribution is 0.0860. The number of ether oxygens (including phenoxy) is 1. The molecule has 0 saturated carbocycles. The first-order valence-electron chi connectivity index (χ1n) is 11.0. The molecule has 1 fully saturated rings. The number of hydrogen-bond acceptors (Lipinski definition) is 4. The number of piperidine rings is 1. The van der Waals surface area contributed by atoms with Crippen molar-refractivity contribution >= 4 is 12.0 Å². The lowest BCUT2D eigenvalue weighted by Crippen LogP contribution is -2.46. The Balaban J connectivity index is 1.55. The largest absolute Gasteiger partial charge is 0.450 e. The van der Waals surface area contributed by atoms with Crippen LogP contribution in [0.15, 0.2) is 60.8 Å². The Morgan fingerprint density at radius 1 is 1.09 bits per heavy atom. The number of likely N-dealkylation sites (tertiary alicyclic amines) is 1. The summed E-state index contributed by atoms with van der Waals surface area (Å²) >= 11 is 0. The van der Waals surface area contributed by atoms with Crippen molar-refractivity contribution in [2.24, 2.45) is 0 Å². The molecule has 1 aliphatic rings. The number of aromatic nitrogens is 2. The Bertz CT molecular complexity index is 1090. The Labute approximate surface area is 188 Å². The molecule has 0 aliphatic carbocycles. The Kier molecular flexibility index (Phi) is 6.54. The molecule has 7 nitrogen and oxygen atoms in total. The SMILES string of the molecule is CCOC(=O)N1CCC(NC(=O)c2cn(-c3ccccc3)nc2-c2cccc(C)c2)CC1. The number of aryl methyl sites for hydroxylation is 1. The van der Waals surface area contributed by atoms with Gasteiger partial charge >= 0.3 is 6.09 Å². The molecule has 7 heteroatoms. The van der Waals surface area contributed by atoms with E-state index in [-0.39, 0.29) is 18.0 Å². The van der Waals surface area contributed by atoms with E-state index in [4.69, 9.17) is 9.84 Å². The normalized spacial score (nSPS) is 14.2. The van der Waals surface area contributed by atoms with Crippen molar-refractivity contribution < 1.29 is 14.3 Å². The summed E-state index contributed by atoms with van der Waals surface area (Å²) in [6.45, 7) is 5.32. The first kappa shape index (κ1) is 21.6. The first-order chi connectivity index (χ1) is 15.5. The molecule has 0 unspecified atom stereocenters. The van der Waals surface area contributed by atoms with Gasteiger partial charge in [0.15, 0.2) is 0 Å². The summed E-state index contributed by atoms with van der Waals surface area (Å²) in [5.74, 6) is -0.154. The smallest absolute Gasteiger partial charge is 0.409 e. The molecule has 1 saturated heterocycles. The minimum atomic E-state index is -0.289. The minimum Gasteiger partial charge on any atom is -0.450 e. The topological polar surface area (TPSA) is 76.5 Å². The summed E-state index contributed by atoms with van der Waals surface area (Å²) in [5.41, 5.74) is 4.09. The highest BCUT2D eigenvalue weighted by Crippen LogP contribution is 2.25. The molecule has 4 rings (SSSR count). The molecule has 0 atom stereocenters. The van der Waals surface area contributed by atoms with Crippen LogP contribution in [0.3, 0.4) is 0 Å². The van der Waals surface area contributed by atoms with Gasteiger partial charge in [0, 0.05) is 30.9 Å². The van der Waals surface area contributed by atoms with Gasteiger partial charge in [-0.15, -0.1) is 0 Å². The van der Waals surface area contributed by atoms with Gasteiger partial charge in [-0.05, 0) is 44.9 Å². The number of carbonyl (C=O) groups is 2. The van der Waals surface area contributed by atoms with E-state index in [9.17, 15) is 9.59 Å². The number of rotatable bonds is 5. The van der Waals surface area contributed by atoms with Crippen molar-refractivity contribution in [1.82, 2.24) is 20.0 Å². The summed E-state index contributed by atoms with van der Waals surface area (Å²) < 4.78 is 6.82. The fraction of sp³-hybridized carbons (Fsp3) is 0.320. The number of benzene rings is 2. The number of para-hydroxylation sites is 1. The molecule has 1 aliphatic heterocycles. The number of amides is 2. The average Bonchev–Trinajstić information content (AvgIpc) is 3.26. The van der Waals surface area contributed by atoms with Crippen LogP contribution in [0.4, 0.5) is 4.79 Å². The lowest BCUT2D eigenvalue weighted by atomic mass is 10.0. The summed E-state index contributed by atoms with van der Waals surface area (Å²) in [7, 11) is 0. The number of hydrogen-bond donors (Lipinski definition) is 1. The molecule has 2 amide bonds. The first-order valence-corrected chi connectivity index (χ1v) is 11.0. The molecule has 2 heterocycles. The van der Waals surface area contributed by atoms with Gasteiger partial charge < -0.3 is 15.0 Å². The van der Waals surface area contributed by atoms with Gasteiger partial charge in [-0.3, -0.25) is 4.79 Å². The fourth-order valence-corrected chi connectivity index (χ4v) is 3.94. The maximum absolute atomic E-state index is 13.3. The van der Waals surface area contributed by atoms with Crippen LogP contribution in [0, 0.1) is 6.92 Å². The molecule has 1 aromatic heterocycles. The zero-order valence-corrected chi connectivity index (χ0v) is 18.5. The van der Waals surface area contributed by atoms with Crippen molar-refractivity contribution in [3.8, 4) is 16.9 Å². The third-order valence-corrected chi connectivity index (χ3v) is 5.63. The van der Waals surface area contributed by atoms with Gasteiger partial charge in [0.05, 0.1) is 17.9 Å². The molecule has 0 spiro atoms. The second-order valence-corrected chi connectivity index (χ2v) is 7.97. The third-order valence-electron chi connectivity index (χ3n) is 5.63. The van der Waals surface area contributed by atoms with E-state index in [1.54, 1.807) is 22.7 Å². The van der Waals surface area contributed by atoms with Crippen molar-refractivity contribution in [2.75, 3.05) is 19.7 Å². The summed E-state index contributed by atoms with van der Waals surface area (Å²) in [5, 5.41) is 7.89. The van der Waals surface area contributed by atoms with Gasteiger partial charge in [-0.2, -0.15) is 5.10 Å². The summed E-state index contributed by atoms with van der Waals surface area (Å²) in [6, 6.07) is 17.8. The maximum Gasteiger partial charge on any atom is 0.409 e. The predicted molar refractivity (Wildman–Crippen MR) is 123 cm³/mol. The molecule has 2 aromatic carbocycles. The molecular weight excluding hydrogens is 404 g/mol. The van der Waals surface area contributed by atoms with Crippen molar-refractivity contribution in [3.63, 3.8) is 0 Å². The van der Waals surface area contributed by atoms with E-state index in [1.165, 1.54) is 0 Å². The summed E-state index contributed by atoms with van der Waals surface area (Å²) in [4.78, 5) is 26.9. The van der Waals surface area contributed by atoms with Crippen LogP contribution in [0.5, 0.6) is 0 Å². The molecule has 32 heavy (non-hydrogen) atoms. The van der Waals surface area contributed by atoms with Crippen LogP contribution < -0.4 is 5.32 Å². The van der Waals surface area contributed by atoms with Crippen molar-refractivity contribution in [1.29, 1.82) is 0 Å². The Morgan fingerprint density at radius 3 is 2.53 bits per heavy atom. The van der Waals surface area contributed by atoms with Crippen LogP contribution in [0.1, 0.15) is 35.7 Å². The molecule has 166 valence electrons. The van der Waals surface area contributed by atoms with Gasteiger partial charge in [0.25, 0.3) is 5.91 Å².